The Balaban J connectivity index is 1.78. The summed E-state index contributed by atoms with van der Waals surface area (Å²) in [6.07, 6.45) is 2.06. The molecule has 1 fully saturated rings. The third-order valence-electron chi connectivity index (χ3n) is 3.24. The lowest BCUT2D eigenvalue weighted by Gasteiger charge is -2.17. The molecule has 21 heavy (non-hydrogen) atoms. The average molecular weight is 311 g/mol. The number of nitrogens with one attached hydrogen (secondary N) is 1. The van der Waals surface area contributed by atoms with Crippen molar-refractivity contribution in [3.8, 4) is 5.75 Å². The van der Waals surface area contributed by atoms with Gasteiger partial charge in [-0.15, -0.1) is 0 Å². The van der Waals surface area contributed by atoms with E-state index in [2.05, 4.69) is 5.32 Å². The Hall–Kier alpha value is -1.75. The maximum atomic E-state index is 11.9. The van der Waals surface area contributed by atoms with E-state index in [1.165, 1.54) is 4.90 Å². The number of rotatable bonds is 6. The normalized spacial score (nSPS) is 13.7. The molecule has 0 atom stereocenters. The standard InChI is InChI=1S/C15H19ClN2O3/c1-10-7-11(16)3-6-13(10)21-9-15(20)18(2)8-14(19)17-12-4-5-12/h3,6-7,12H,4-5,8-9H2,1-2H3,(H,17,19). The topological polar surface area (TPSA) is 58.6 Å². The van der Waals surface area contributed by atoms with E-state index in [1.807, 2.05) is 6.92 Å². The van der Waals surface area contributed by atoms with Gasteiger partial charge in [0.25, 0.3) is 5.91 Å². The third kappa shape index (κ3) is 4.93. The number of hydrogen-bond donors (Lipinski definition) is 1. The predicted molar refractivity (Wildman–Crippen MR) is 80.5 cm³/mol. The number of nitrogens with zero attached hydrogens (tertiary/aromatic N) is 1. The minimum atomic E-state index is -0.240. The van der Waals surface area contributed by atoms with E-state index >= 15 is 0 Å². The number of carbonyl (C=O) groups excluding carboxylic acids is 2. The molecule has 1 aliphatic rings. The van der Waals surface area contributed by atoms with Gasteiger partial charge in [0.05, 0.1) is 6.54 Å². The number of carbonyl (C=O) groups is 2. The van der Waals surface area contributed by atoms with Gasteiger partial charge in [-0.1, -0.05) is 11.6 Å². The molecule has 0 heterocycles. The molecule has 6 heteroatoms. The van der Waals surface area contributed by atoms with Crippen LogP contribution < -0.4 is 10.1 Å². The SMILES string of the molecule is Cc1cc(Cl)ccc1OCC(=O)N(C)CC(=O)NC1CC1. The molecule has 114 valence electrons. The van der Waals surface area contributed by atoms with Crippen LogP contribution in [0.3, 0.4) is 0 Å². The molecular weight excluding hydrogens is 292 g/mol. The molecule has 2 amide bonds. The first-order chi connectivity index (χ1) is 9.95. The van der Waals surface area contributed by atoms with Gasteiger partial charge in [0.15, 0.2) is 6.61 Å². The minimum absolute atomic E-state index is 0.0539. The van der Waals surface area contributed by atoms with Crippen LogP contribution in [0, 0.1) is 6.92 Å². The van der Waals surface area contributed by atoms with Crippen molar-refractivity contribution in [1.29, 1.82) is 0 Å². The molecule has 1 aromatic carbocycles. The van der Waals surface area contributed by atoms with Crippen LogP contribution in [0.25, 0.3) is 0 Å². The molecular formula is C15H19ClN2O3. The number of likely N-dealkylation sites (N-methyl/N-ethyl adjacent to an activating group) is 1. The van der Waals surface area contributed by atoms with Gasteiger partial charge >= 0.3 is 0 Å². The zero-order valence-electron chi connectivity index (χ0n) is 12.2. The van der Waals surface area contributed by atoms with Crippen LogP contribution in [0.15, 0.2) is 18.2 Å². The van der Waals surface area contributed by atoms with Gasteiger partial charge in [-0.2, -0.15) is 0 Å². The van der Waals surface area contributed by atoms with Crippen LogP contribution in [-0.2, 0) is 9.59 Å². The van der Waals surface area contributed by atoms with E-state index in [0.29, 0.717) is 16.8 Å². The summed E-state index contributed by atoms with van der Waals surface area (Å²) in [5.74, 6) is 0.245. The molecule has 0 unspecified atom stereocenters. The number of ether oxygens (including phenoxy) is 1. The number of aryl methyl sites for hydroxylation is 1. The third-order valence-corrected chi connectivity index (χ3v) is 3.47. The summed E-state index contributed by atoms with van der Waals surface area (Å²) >= 11 is 5.86. The summed E-state index contributed by atoms with van der Waals surface area (Å²) in [5.41, 5.74) is 0.865. The van der Waals surface area contributed by atoms with Crippen molar-refractivity contribution in [2.45, 2.75) is 25.8 Å². The lowest BCUT2D eigenvalue weighted by Crippen LogP contribution is -2.40. The molecule has 2 rings (SSSR count). The van der Waals surface area contributed by atoms with Crippen LogP contribution in [0.1, 0.15) is 18.4 Å². The van der Waals surface area contributed by atoms with Crippen molar-refractivity contribution in [1.82, 2.24) is 10.2 Å². The summed E-state index contributed by atoms with van der Waals surface area (Å²) in [5, 5.41) is 3.47. The van der Waals surface area contributed by atoms with Crippen molar-refractivity contribution in [3.05, 3.63) is 28.8 Å². The Bertz CT molecular complexity index is 544. The van der Waals surface area contributed by atoms with Crippen LogP contribution in [-0.4, -0.2) is 43.0 Å². The van der Waals surface area contributed by atoms with Gasteiger partial charge in [0.1, 0.15) is 5.75 Å². The molecule has 0 saturated heterocycles. The maximum Gasteiger partial charge on any atom is 0.260 e. The lowest BCUT2D eigenvalue weighted by atomic mass is 10.2. The predicted octanol–water partition coefficient (Wildman–Crippen LogP) is 1.76. The second-order valence-electron chi connectivity index (χ2n) is 5.29. The zero-order valence-corrected chi connectivity index (χ0v) is 12.9. The van der Waals surface area contributed by atoms with Crippen LogP contribution >= 0.6 is 11.6 Å². The molecule has 1 aromatic rings. The number of benzene rings is 1. The van der Waals surface area contributed by atoms with Crippen molar-refractivity contribution in [2.24, 2.45) is 0 Å². The molecule has 0 aliphatic heterocycles. The average Bonchev–Trinajstić information content (AvgIpc) is 3.21. The lowest BCUT2D eigenvalue weighted by molar-refractivity contribution is -0.136. The fourth-order valence-electron chi connectivity index (χ4n) is 1.83. The highest BCUT2D eigenvalue weighted by molar-refractivity contribution is 6.30. The van der Waals surface area contributed by atoms with Gasteiger partial charge in [-0.3, -0.25) is 9.59 Å². The van der Waals surface area contributed by atoms with Gasteiger partial charge in [0.2, 0.25) is 5.91 Å². The molecule has 0 radical (unpaired) electrons. The summed E-state index contributed by atoms with van der Waals surface area (Å²) < 4.78 is 5.47. The first-order valence-electron chi connectivity index (χ1n) is 6.88. The highest BCUT2D eigenvalue weighted by Gasteiger charge is 2.24. The first kappa shape index (κ1) is 15.6. The zero-order chi connectivity index (χ0) is 15.4. The molecule has 1 N–H and O–H groups in total. The number of hydrogen-bond acceptors (Lipinski definition) is 3. The van der Waals surface area contributed by atoms with Gasteiger partial charge in [-0.25, -0.2) is 0 Å². The molecule has 1 aliphatic carbocycles. The number of amides is 2. The molecule has 0 spiro atoms. The van der Waals surface area contributed by atoms with E-state index in [0.717, 1.165) is 18.4 Å². The van der Waals surface area contributed by atoms with Crippen LogP contribution in [0.4, 0.5) is 0 Å². The van der Waals surface area contributed by atoms with E-state index in [-0.39, 0.29) is 25.0 Å². The first-order valence-corrected chi connectivity index (χ1v) is 7.26. The highest BCUT2D eigenvalue weighted by Crippen LogP contribution is 2.21. The van der Waals surface area contributed by atoms with E-state index < -0.39 is 0 Å². The van der Waals surface area contributed by atoms with E-state index in [1.54, 1.807) is 25.2 Å². The largest absolute Gasteiger partial charge is 0.483 e. The monoisotopic (exact) mass is 310 g/mol. The Morgan fingerprint density at radius 1 is 1.43 bits per heavy atom. The van der Waals surface area contributed by atoms with Gasteiger partial charge < -0.3 is 15.0 Å². The molecule has 1 saturated carbocycles. The number of halogens is 1. The Morgan fingerprint density at radius 3 is 2.76 bits per heavy atom. The van der Waals surface area contributed by atoms with E-state index in [4.69, 9.17) is 16.3 Å². The highest BCUT2D eigenvalue weighted by atomic mass is 35.5. The van der Waals surface area contributed by atoms with E-state index in [9.17, 15) is 9.59 Å². The Morgan fingerprint density at radius 2 is 2.14 bits per heavy atom. The smallest absolute Gasteiger partial charge is 0.260 e. The summed E-state index contributed by atoms with van der Waals surface area (Å²) in [6, 6.07) is 5.51. The Labute approximate surface area is 129 Å². The van der Waals surface area contributed by atoms with Gasteiger partial charge in [0, 0.05) is 18.1 Å². The van der Waals surface area contributed by atoms with Crippen molar-refractivity contribution < 1.29 is 14.3 Å². The fraction of sp³-hybridized carbons (Fsp3) is 0.467. The summed E-state index contributed by atoms with van der Waals surface area (Å²) in [4.78, 5) is 24.9. The molecule has 0 aromatic heterocycles. The second kappa shape index (κ2) is 6.80. The summed E-state index contributed by atoms with van der Waals surface area (Å²) in [7, 11) is 1.59. The molecule has 0 bridgehead atoms. The molecule has 5 nitrogen and oxygen atoms in total. The summed E-state index contributed by atoms with van der Waals surface area (Å²) in [6.45, 7) is 1.81. The Kier molecular flexibility index (Phi) is 5.07. The maximum absolute atomic E-state index is 11.9. The minimum Gasteiger partial charge on any atom is -0.483 e. The van der Waals surface area contributed by atoms with Crippen molar-refractivity contribution >= 4 is 23.4 Å². The van der Waals surface area contributed by atoms with Gasteiger partial charge in [-0.05, 0) is 43.5 Å². The fourth-order valence-corrected chi connectivity index (χ4v) is 2.06. The van der Waals surface area contributed by atoms with Crippen LogP contribution in [0.2, 0.25) is 5.02 Å². The van der Waals surface area contributed by atoms with Crippen molar-refractivity contribution in [3.63, 3.8) is 0 Å². The van der Waals surface area contributed by atoms with Crippen LogP contribution in [0.5, 0.6) is 5.75 Å². The second-order valence-corrected chi connectivity index (χ2v) is 5.73. The quantitative estimate of drug-likeness (QED) is 0.871. The van der Waals surface area contributed by atoms with Crippen molar-refractivity contribution in [2.75, 3.05) is 20.2 Å².